The number of hydrogen-bond donors (Lipinski definition) is 1. The molecule has 1 aliphatic rings. The van der Waals surface area contributed by atoms with Crippen molar-refractivity contribution in [3.63, 3.8) is 0 Å². The highest BCUT2D eigenvalue weighted by atomic mass is 32.1. The van der Waals surface area contributed by atoms with Gasteiger partial charge < -0.3 is 9.64 Å². The van der Waals surface area contributed by atoms with E-state index in [1.54, 1.807) is 12.3 Å². The van der Waals surface area contributed by atoms with Crippen LogP contribution in [0.4, 0.5) is 10.9 Å². The topological polar surface area (TPSA) is 67.4 Å². The van der Waals surface area contributed by atoms with Gasteiger partial charge in [-0.2, -0.15) is 0 Å². The molecule has 2 aromatic rings. The Balaban J connectivity index is 1.68. The molecule has 7 heteroatoms. The average molecular weight is 332 g/mol. The van der Waals surface area contributed by atoms with Crippen LogP contribution in [0.25, 0.3) is 0 Å². The van der Waals surface area contributed by atoms with Crippen LogP contribution in [0.5, 0.6) is 0 Å². The first kappa shape index (κ1) is 15.9. The lowest BCUT2D eigenvalue weighted by Gasteiger charge is -2.36. The number of aryl methyl sites for hydroxylation is 1. The van der Waals surface area contributed by atoms with Crippen molar-refractivity contribution in [3.05, 3.63) is 35.0 Å². The molecule has 1 amide bonds. The Labute approximate surface area is 139 Å². The zero-order valence-corrected chi connectivity index (χ0v) is 14.3. The number of aromatic nitrogens is 2. The zero-order chi connectivity index (χ0) is 16.4. The van der Waals surface area contributed by atoms with Crippen LogP contribution < -0.4 is 10.2 Å². The molecule has 2 aromatic heterocycles. The van der Waals surface area contributed by atoms with Crippen LogP contribution in [0.1, 0.15) is 29.9 Å². The van der Waals surface area contributed by atoms with Crippen molar-refractivity contribution >= 4 is 28.2 Å². The highest BCUT2D eigenvalue weighted by Gasteiger charge is 2.23. The molecule has 0 radical (unpaired) electrons. The number of nitrogens with zero attached hydrogens (tertiary/aromatic N) is 3. The largest absolute Gasteiger partial charge is 0.372 e. The smallest absolute Gasteiger partial charge is 0.259 e. The fraction of sp³-hybridized carbons (Fsp3) is 0.438. The van der Waals surface area contributed by atoms with Crippen LogP contribution in [-0.4, -0.2) is 41.2 Å². The summed E-state index contributed by atoms with van der Waals surface area (Å²) in [5.74, 6) is 0.677. The molecule has 0 aromatic carbocycles. The standard InChI is InChI=1S/C16H20N4O2S/c1-10-9-23-16(18-10)19-15(21)13-4-5-14(17-6-13)20-7-11(2)22-12(3)8-20/h4-6,9,11-12H,7-8H2,1-3H3,(H,18,19,21)/t11-,12-/m0/s1. The number of amides is 1. The number of anilines is 2. The van der Waals surface area contributed by atoms with E-state index in [1.807, 2.05) is 18.4 Å². The lowest BCUT2D eigenvalue weighted by molar-refractivity contribution is -0.00546. The number of pyridine rings is 1. The average Bonchev–Trinajstić information content (AvgIpc) is 2.91. The van der Waals surface area contributed by atoms with Gasteiger partial charge in [-0.15, -0.1) is 11.3 Å². The molecule has 0 aliphatic carbocycles. The van der Waals surface area contributed by atoms with Gasteiger partial charge in [0.2, 0.25) is 0 Å². The van der Waals surface area contributed by atoms with E-state index in [2.05, 4.69) is 34.0 Å². The third-order valence-corrected chi connectivity index (χ3v) is 4.47. The normalized spacial score (nSPS) is 21.3. The molecule has 3 heterocycles. The number of ether oxygens (including phenoxy) is 1. The van der Waals surface area contributed by atoms with Gasteiger partial charge in [0.1, 0.15) is 5.82 Å². The molecule has 0 bridgehead atoms. The second kappa shape index (κ2) is 6.64. The number of thiazole rings is 1. The molecule has 122 valence electrons. The second-order valence-electron chi connectivity index (χ2n) is 5.82. The maximum atomic E-state index is 12.2. The molecule has 2 atom stereocenters. The van der Waals surface area contributed by atoms with Gasteiger partial charge in [-0.1, -0.05) is 0 Å². The fourth-order valence-corrected chi connectivity index (χ4v) is 3.34. The Morgan fingerprint density at radius 1 is 1.35 bits per heavy atom. The molecule has 1 fully saturated rings. The third kappa shape index (κ3) is 3.86. The highest BCUT2D eigenvalue weighted by molar-refractivity contribution is 7.13. The summed E-state index contributed by atoms with van der Waals surface area (Å²) in [7, 11) is 0. The Bertz CT molecular complexity index is 676. The van der Waals surface area contributed by atoms with Gasteiger partial charge in [-0.25, -0.2) is 9.97 Å². The van der Waals surface area contributed by atoms with Crippen molar-refractivity contribution in [1.29, 1.82) is 0 Å². The molecule has 6 nitrogen and oxygen atoms in total. The quantitative estimate of drug-likeness (QED) is 0.936. The van der Waals surface area contributed by atoms with Crippen molar-refractivity contribution in [2.75, 3.05) is 23.3 Å². The summed E-state index contributed by atoms with van der Waals surface area (Å²) < 4.78 is 5.73. The van der Waals surface area contributed by atoms with E-state index in [1.165, 1.54) is 11.3 Å². The third-order valence-electron chi connectivity index (χ3n) is 3.59. The van der Waals surface area contributed by atoms with Crippen molar-refractivity contribution < 1.29 is 9.53 Å². The predicted molar refractivity (Wildman–Crippen MR) is 91.3 cm³/mol. The van der Waals surface area contributed by atoms with Crippen molar-refractivity contribution in [1.82, 2.24) is 9.97 Å². The first-order valence-electron chi connectivity index (χ1n) is 7.61. The molecule has 3 rings (SSSR count). The summed E-state index contributed by atoms with van der Waals surface area (Å²) in [5.41, 5.74) is 1.42. The summed E-state index contributed by atoms with van der Waals surface area (Å²) in [4.78, 5) is 23.0. The Kier molecular flexibility index (Phi) is 4.58. The van der Waals surface area contributed by atoms with E-state index in [0.29, 0.717) is 10.7 Å². The summed E-state index contributed by atoms with van der Waals surface area (Å²) in [6.07, 6.45) is 1.96. The van der Waals surface area contributed by atoms with Crippen LogP contribution in [0.3, 0.4) is 0 Å². The number of morpholine rings is 1. The summed E-state index contributed by atoms with van der Waals surface area (Å²) in [5, 5.41) is 5.29. The van der Waals surface area contributed by atoms with Crippen LogP contribution in [0.15, 0.2) is 23.7 Å². The first-order chi connectivity index (χ1) is 11.0. The number of carbonyl (C=O) groups excluding carboxylic acids is 1. The fourth-order valence-electron chi connectivity index (χ4n) is 2.65. The van der Waals surface area contributed by atoms with E-state index in [9.17, 15) is 4.79 Å². The number of nitrogens with one attached hydrogen (secondary N) is 1. The van der Waals surface area contributed by atoms with Gasteiger partial charge in [0, 0.05) is 24.7 Å². The van der Waals surface area contributed by atoms with Crippen molar-refractivity contribution in [2.24, 2.45) is 0 Å². The number of hydrogen-bond acceptors (Lipinski definition) is 6. The predicted octanol–water partition coefficient (Wildman–Crippen LogP) is 2.71. The Morgan fingerprint density at radius 3 is 2.65 bits per heavy atom. The van der Waals surface area contributed by atoms with Gasteiger partial charge in [0.15, 0.2) is 5.13 Å². The number of rotatable bonds is 3. The summed E-state index contributed by atoms with van der Waals surface area (Å²) >= 11 is 1.41. The molecule has 1 aliphatic heterocycles. The van der Waals surface area contributed by atoms with Crippen LogP contribution >= 0.6 is 11.3 Å². The first-order valence-corrected chi connectivity index (χ1v) is 8.49. The molecule has 0 unspecified atom stereocenters. The molecule has 1 saturated heterocycles. The number of carbonyl (C=O) groups is 1. The monoisotopic (exact) mass is 332 g/mol. The summed E-state index contributed by atoms with van der Waals surface area (Å²) in [6, 6.07) is 3.68. The molecule has 23 heavy (non-hydrogen) atoms. The minimum Gasteiger partial charge on any atom is -0.372 e. The molecule has 0 spiro atoms. The molecule has 1 N–H and O–H groups in total. The molecular weight excluding hydrogens is 312 g/mol. The Hall–Kier alpha value is -1.99. The maximum absolute atomic E-state index is 12.2. The van der Waals surface area contributed by atoms with Gasteiger partial charge in [0.25, 0.3) is 5.91 Å². The van der Waals surface area contributed by atoms with Crippen LogP contribution in [0.2, 0.25) is 0 Å². The zero-order valence-electron chi connectivity index (χ0n) is 13.4. The van der Waals surface area contributed by atoms with Crippen molar-refractivity contribution in [3.8, 4) is 0 Å². The maximum Gasteiger partial charge on any atom is 0.259 e. The second-order valence-corrected chi connectivity index (χ2v) is 6.67. The van der Waals surface area contributed by atoms with Crippen LogP contribution in [0, 0.1) is 6.92 Å². The molecule has 0 saturated carbocycles. The minimum absolute atomic E-state index is 0.177. The minimum atomic E-state index is -0.192. The van der Waals surface area contributed by atoms with Gasteiger partial charge in [-0.3, -0.25) is 10.1 Å². The van der Waals surface area contributed by atoms with E-state index in [4.69, 9.17) is 4.74 Å². The van der Waals surface area contributed by atoms with E-state index in [0.717, 1.165) is 24.6 Å². The van der Waals surface area contributed by atoms with E-state index in [-0.39, 0.29) is 18.1 Å². The van der Waals surface area contributed by atoms with Gasteiger partial charge in [-0.05, 0) is 32.9 Å². The SMILES string of the molecule is Cc1csc(NC(=O)c2ccc(N3C[C@H](C)O[C@@H](C)C3)nc2)n1. The lowest BCUT2D eigenvalue weighted by Crippen LogP contribution is -2.45. The van der Waals surface area contributed by atoms with E-state index >= 15 is 0 Å². The Morgan fingerprint density at radius 2 is 2.09 bits per heavy atom. The summed E-state index contributed by atoms with van der Waals surface area (Å²) in [6.45, 7) is 7.62. The molecular formula is C16H20N4O2S. The highest BCUT2D eigenvalue weighted by Crippen LogP contribution is 2.19. The lowest BCUT2D eigenvalue weighted by atomic mass is 10.2. The van der Waals surface area contributed by atoms with Crippen LogP contribution in [-0.2, 0) is 4.74 Å². The van der Waals surface area contributed by atoms with Gasteiger partial charge in [0.05, 0.1) is 23.5 Å². The van der Waals surface area contributed by atoms with Crippen molar-refractivity contribution in [2.45, 2.75) is 33.0 Å². The van der Waals surface area contributed by atoms with Gasteiger partial charge >= 0.3 is 0 Å². The van der Waals surface area contributed by atoms with E-state index < -0.39 is 0 Å².